The van der Waals surface area contributed by atoms with Gasteiger partial charge in [0.2, 0.25) is 5.91 Å². The number of aromatic hydroxyl groups is 1. The summed E-state index contributed by atoms with van der Waals surface area (Å²) in [6, 6.07) is 6.74. The van der Waals surface area contributed by atoms with Crippen LogP contribution in [0.3, 0.4) is 0 Å². The molecule has 0 saturated heterocycles. The second kappa shape index (κ2) is 4.65. The van der Waals surface area contributed by atoms with E-state index in [-0.39, 0.29) is 17.7 Å². The van der Waals surface area contributed by atoms with E-state index in [1.165, 1.54) is 6.92 Å². The molecule has 0 bridgehead atoms. The monoisotopic (exact) mass is 192 g/mol. The van der Waals surface area contributed by atoms with Gasteiger partial charge in [-0.2, -0.15) is 0 Å². The number of rotatable bonds is 3. The van der Waals surface area contributed by atoms with Crippen molar-refractivity contribution in [3.05, 3.63) is 36.8 Å². The molecule has 2 N–H and O–H groups in total. The van der Waals surface area contributed by atoms with Gasteiger partial charge in [0.05, 0.1) is 0 Å². The van der Waals surface area contributed by atoms with Gasteiger partial charge in [0, 0.05) is 13.0 Å². The first-order valence-corrected chi connectivity index (χ1v) is 4.46. The lowest BCUT2D eigenvalue weighted by molar-refractivity contribution is -0.119. The molecule has 0 aromatic heterocycles. The second-order valence-corrected chi connectivity index (χ2v) is 3.27. The Hall–Kier alpha value is -1.51. The molecule has 3 nitrogen and oxygen atoms in total. The Kier molecular flexibility index (Phi) is 3.51. The van der Waals surface area contributed by atoms with E-state index < -0.39 is 0 Å². The van der Waals surface area contributed by atoms with Crippen molar-refractivity contribution in [3.63, 3.8) is 0 Å². The van der Waals surface area contributed by atoms with Crippen molar-refractivity contribution in [1.82, 2.24) is 5.32 Å². The number of amides is 1. The number of benzene rings is 1. The Morgan fingerprint density at radius 1 is 1.50 bits per heavy atom. The smallest absolute Gasteiger partial charge is 0.217 e. The number of phenolic OH excluding ortho intramolecular Hbond substituents is 1. The average molecular weight is 192 g/mol. The average Bonchev–Trinajstić information content (AvgIpc) is 2.07. The highest BCUT2D eigenvalue weighted by Crippen LogP contribution is 2.10. The third-order valence-electron chi connectivity index (χ3n) is 1.83. The van der Waals surface area contributed by atoms with Gasteiger partial charge in [0.25, 0.3) is 0 Å². The quantitative estimate of drug-likeness (QED) is 0.757. The van der Waals surface area contributed by atoms with Gasteiger partial charge in [-0.15, -0.1) is 0 Å². The lowest BCUT2D eigenvalue weighted by atomic mass is 10.1. The summed E-state index contributed by atoms with van der Waals surface area (Å²) in [6.45, 7) is 5.27. The van der Waals surface area contributed by atoms with Gasteiger partial charge >= 0.3 is 0 Å². The minimum Gasteiger partial charge on any atom is -0.508 e. The SMILES string of the molecule is [CH2]C(Cc1ccc(O)cc1)NC(C)=O. The predicted octanol–water partition coefficient (Wildman–Crippen LogP) is 1.27. The zero-order valence-corrected chi connectivity index (χ0v) is 8.16. The Balaban J connectivity index is 2.51. The Morgan fingerprint density at radius 2 is 2.07 bits per heavy atom. The lowest BCUT2D eigenvalue weighted by Gasteiger charge is -2.11. The van der Waals surface area contributed by atoms with E-state index in [1.54, 1.807) is 12.1 Å². The Morgan fingerprint density at radius 3 is 2.57 bits per heavy atom. The first kappa shape index (κ1) is 10.6. The molecule has 0 aliphatic rings. The minimum atomic E-state index is -0.128. The topological polar surface area (TPSA) is 49.3 Å². The van der Waals surface area contributed by atoms with E-state index in [2.05, 4.69) is 12.2 Å². The van der Waals surface area contributed by atoms with Crippen LogP contribution >= 0.6 is 0 Å². The Labute approximate surface area is 83.8 Å². The van der Waals surface area contributed by atoms with Gasteiger partial charge in [-0.1, -0.05) is 12.1 Å². The van der Waals surface area contributed by atoms with Gasteiger partial charge in [0.1, 0.15) is 5.75 Å². The van der Waals surface area contributed by atoms with Crippen LogP contribution in [-0.4, -0.2) is 17.1 Å². The molecule has 0 spiro atoms. The molecule has 0 heterocycles. The summed E-state index contributed by atoms with van der Waals surface area (Å²) in [5.74, 6) is 0.165. The standard InChI is InChI=1S/C11H14NO2/c1-8(12-9(2)13)7-10-3-5-11(14)6-4-10/h3-6,8,14H,1,7H2,2H3,(H,12,13). The van der Waals surface area contributed by atoms with Crippen LogP contribution in [0.5, 0.6) is 5.75 Å². The van der Waals surface area contributed by atoms with Crippen LogP contribution in [-0.2, 0) is 11.2 Å². The summed E-state index contributed by atoms with van der Waals surface area (Å²) in [7, 11) is 0. The van der Waals surface area contributed by atoms with E-state index in [0.717, 1.165) is 5.56 Å². The number of nitrogens with one attached hydrogen (secondary N) is 1. The van der Waals surface area contributed by atoms with E-state index in [4.69, 9.17) is 5.11 Å². The summed E-state index contributed by atoms with van der Waals surface area (Å²) < 4.78 is 0. The Bertz CT molecular complexity index is 306. The van der Waals surface area contributed by atoms with Gasteiger partial charge in [-0.25, -0.2) is 0 Å². The van der Waals surface area contributed by atoms with Crippen molar-refractivity contribution in [2.75, 3.05) is 0 Å². The number of hydrogen-bond acceptors (Lipinski definition) is 2. The maximum atomic E-state index is 10.7. The molecule has 1 unspecified atom stereocenters. The molecule has 0 aliphatic heterocycles. The molecule has 1 radical (unpaired) electrons. The predicted molar refractivity (Wildman–Crippen MR) is 54.8 cm³/mol. The molecule has 1 amide bonds. The molecule has 0 saturated carbocycles. The van der Waals surface area contributed by atoms with Crippen LogP contribution in [0.15, 0.2) is 24.3 Å². The zero-order chi connectivity index (χ0) is 10.6. The van der Waals surface area contributed by atoms with Crippen molar-refractivity contribution < 1.29 is 9.90 Å². The largest absolute Gasteiger partial charge is 0.508 e. The fourth-order valence-electron chi connectivity index (χ4n) is 1.26. The van der Waals surface area contributed by atoms with Gasteiger partial charge < -0.3 is 10.4 Å². The number of carbonyl (C=O) groups is 1. The van der Waals surface area contributed by atoms with Crippen LogP contribution < -0.4 is 5.32 Å². The van der Waals surface area contributed by atoms with E-state index >= 15 is 0 Å². The number of carbonyl (C=O) groups excluding carboxylic acids is 1. The fraction of sp³-hybridized carbons (Fsp3) is 0.273. The third-order valence-corrected chi connectivity index (χ3v) is 1.83. The first-order chi connectivity index (χ1) is 6.58. The summed E-state index contributed by atoms with van der Waals surface area (Å²) in [5.41, 5.74) is 1.04. The van der Waals surface area contributed by atoms with Crippen molar-refractivity contribution in [2.24, 2.45) is 0 Å². The number of hydrogen-bond donors (Lipinski definition) is 2. The molecule has 1 aromatic rings. The zero-order valence-electron chi connectivity index (χ0n) is 8.16. The molecule has 75 valence electrons. The highest BCUT2D eigenvalue weighted by Gasteiger charge is 2.04. The molecule has 3 heteroatoms. The molecular formula is C11H14NO2. The van der Waals surface area contributed by atoms with Crippen LogP contribution in [0.25, 0.3) is 0 Å². The second-order valence-electron chi connectivity index (χ2n) is 3.27. The van der Waals surface area contributed by atoms with Gasteiger partial charge in [-0.3, -0.25) is 4.79 Å². The van der Waals surface area contributed by atoms with E-state index in [1.807, 2.05) is 12.1 Å². The highest BCUT2D eigenvalue weighted by molar-refractivity contribution is 5.73. The summed E-state index contributed by atoms with van der Waals surface area (Å²) >= 11 is 0. The summed E-state index contributed by atoms with van der Waals surface area (Å²) in [4.78, 5) is 10.7. The molecule has 1 rings (SSSR count). The van der Waals surface area contributed by atoms with Crippen LogP contribution in [0.4, 0.5) is 0 Å². The molecule has 0 fully saturated rings. The van der Waals surface area contributed by atoms with E-state index in [9.17, 15) is 4.79 Å². The maximum Gasteiger partial charge on any atom is 0.217 e. The third kappa shape index (κ3) is 3.47. The first-order valence-electron chi connectivity index (χ1n) is 4.46. The number of phenols is 1. The molecular weight excluding hydrogens is 178 g/mol. The molecule has 0 aliphatic carbocycles. The normalized spacial score (nSPS) is 12.1. The van der Waals surface area contributed by atoms with Gasteiger partial charge in [-0.05, 0) is 31.0 Å². The lowest BCUT2D eigenvalue weighted by Crippen LogP contribution is -2.32. The van der Waals surface area contributed by atoms with Crippen molar-refractivity contribution in [1.29, 1.82) is 0 Å². The molecule has 1 aromatic carbocycles. The van der Waals surface area contributed by atoms with Crippen molar-refractivity contribution >= 4 is 5.91 Å². The summed E-state index contributed by atoms with van der Waals surface area (Å²) in [6.07, 6.45) is 0.667. The fourth-order valence-corrected chi connectivity index (χ4v) is 1.26. The van der Waals surface area contributed by atoms with Crippen LogP contribution in [0.1, 0.15) is 12.5 Å². The van der Waals surface area contributed by atoms with Crippen LogP contribution in [0, 0.1) is 6.92 Å². The van der Waals surface area contributed by atoms with Crippen LogP contribution in [0.2, 0.25) is 0 Å². The van der Waals surface area contributed by atoms with Crippen molar-refractivity contribution in [3.8, 4) is 5.75 Å². The molecule has 14 heavy (non-hydrogen) atoms. The van der Waals surface area contributed by atoms with Gasteiger partial charge in [0.15, 0.2) is 0 Å². The van der Waals surface area contributed by atoms with E-state index in [0.29, 0.717) is 6.42 Å². The highest BCUT2D eigenvalue weighted by atomic mass is 16.3. The minimum absolute atomic E-state index is 0.0798. The molecule has 1 atom stereocenters. The van der Waals surface area contributed by atoms with Crippen molar-refractivity contribution in [2.45, 2.75) is 19.4 Å². The maximum absolute atomic E-state index is 10.7. The summed E-state index contributed by atoms with van der Waals surface area (Å²) in [5, 5.41) is 11.7.